The monoisotopic (exact) mass is 529 g/mol. The summed E-state index contributed by atoms with van der Waals surface area (Å²) < 4.78 is 12.9. The molecule has 1 aromatic carbocycles. The van der Waals surface area contributed by atoms with Gasteiger partial charge in [-0.1, -0.05) is 41.6 Å². The van der Waals surface area contributed by atoms with E-state index in [9.17, 15) is 4.57 Å². The lowest BCUT2D eigenvalue weighted by atomic mass is 9.73. The molecule has 1 fully saturated rings. The molecule has 0 amide bonds. The molecule has 2 aromatic heterocycles. The van der Waals surface area contributed by atoms with Crippen molar-refractivity contribution in [3.05, 3.63) is 52.8 Å². The standard InChI is InChI=1S/C24H29ClN7OPS/c1-34(2,33)16-5-3-4-14-15(16)12-24(20(14)26)7-10-32(11-8-24)18-13-30-23(22(28)31-18)35-17-6-9-29-21(27)19(17)25/h3-6,9,13,20H,7-8,10-12,26H2,1-2H3,(H2,27,29)(H2,28,31)/t20-/m1/s1. The van der Waals surface area contributed by atoms with Gasteiger partial charge in [0, 0.05) is 35.5 Å². The van der Waals surface area contributed by atoms with Crippen molar-refractivity contribution in [2.45, 2.75) is 35.2 Å². The molecule has 1 saturated heterocycles. The molecular weight excluding hydrogens is 501 g/mol. The summed E-state index contributed by atoms with van der Waals surface area (Å²) in [6, 6.07) is 7.82. The Morgan fingerprint density at radius 2 is 1.89 bits per heavy atom. The molecular formula is C24H29ClN7OPS. The Balaban J connectivity index is 1.31. The largest absolute Gasteiger partial charge is 0.382 e. The maximum Gasteiger partial charge on any atom is 0.158 e. The fourth-order valence-corrected chi connectivity index (χ4v) is 7.60. The van der Waals surface area contributed by atoms with Crippen molar-refractivity contribution in [3.63, 3.8) is 0 Å². The van der Waals surface area contributed by atoms with Crippen LogP contribution in [0.25, 0.3) is 0 Å². The highest BCUT2D eigenvalue weighted by Gasteiger charge is 2.47. The zero-order valence-electron chi connectivity index (χ0n) is 19.7. The van der Waals surface area contributed by atoms with Gasteiger partial charge in [0.2, 0.25) is 0 Å². The van der Waals surface area contributed by atoms with Crippen molar-refractivity contribution < 1.29 is 4.57 Å². The van der Waals surface area contributed by atoms with Gasteiger partial charge in [-0.2, -0.15) is 0 Å². The highest BCUT2D eigenvalue weighted by Crippen LogP contribution is 2.53. The van der Waals surface area contributed by atoms with Crippen LogP contribution in [0.5, 0.6) is 0 Å². The van der Waals surface area contributed by atoms with Crippen LogP contribution in [-0.2, 0) is 11.0 Å². The van der Waals surface area contributed by atoms with E-state index in [0.29, 0.717) is 15.9 Å². The van der Waals surface area contributed by atoms with Crippen LogP contribution >= 0.6 is 30.5 Å². The quantitative estimate of drug-likeness (QED) is 0.429. The molecule has 5 rings (SSSR count). The Hall–Kier alpha value is -2.32. The first kappa shape index (κ1) is 24.4. The second-order valence-corrected chi connectivity index (χ2v) is 14.3. The number of halogens is 1. The Morgan fingerprint density at radius 1 is 1.14 bits per heavy atom. The summed E-state index contributed by atoms with van der Waals surface area (Å²) in [5.74, 6) is 1.36. The van der Waals surface area contributed by atoms with Gasteiger partial charge in [0.1, 0.15) is 23.8 Å². The zero-order chi connectivity index (χ0) is 25.0. The summed E-state index contributed by atoms with van der Waals surface area (Å²) >= 11 is 7.57. The maximum atomic E-state index is 12.9. The van der Waals surface area contributed by atoms with E-state index in [1.807, 2.05) is 25.5 Å². The van der Waals surface area contributed by atoms with Crippen molar-refractivity contribution in [1.82, 2.24) is 15.0 Å². The van der Waals surface area contributed by atoms with Crippen molar-refractivity contribution in [1.29, 1.82) is 0 Å². The van der Waals surface area contributed by atoms with Crippen molar-refractivity contribution in [2.24, 2.45) is 11.1 Å². The number of piperidine rings is 1. The van der Waals surface area contributed by atoms with Crippen LogP contribution < -0.4 is 27.4 Å². The zero-order valence-corrected chi connectivity index (χ0v) is 22.2. The van der Waals surface area contributed by atoms with Crippen LogP contribution in [-0.4, -0.2) is 41.4 Å². The minimum absolute atomic E-state index is 0.0309. The van der Waals surface area contributed by atoms with Crippen LogP contribution in [0.4, 0.5) is 17.5 Å². The molecule has 184 valence electrons. The van der Waals surface area contributed by atoms with Gasteiger partial charge in [0.15, 0.2) is 5.82 Å². The molecule has 0 saturated carbocycles. The summed E-state index contributed by atoms with van der Waals surface area (Å²) in [6.45, 7) is 5.29. The van der Waals surface area contributed by atoms with Gasteiger partial charge >= 0.3 is 0 Å². The molecule has 1 spiro atoms. The molecule has 6 N–H and O–H groups in total. The molecule has 0 radical (unpaired) electrons. The van der Waals surface area contributed by atoms with E-state index in [4.69, 9.17) is 28.8 Å². The van der Waals surface area contributed by atoms with E-state index < -0.39 is 7.14 Å². The van der Waals surface area contributed by atoms with Gasteiger partial charge in [-0.05, 0) is 55.2 Å². The third kappa shape index (κ3) is 4.40. The molecule has 1 aliphatic carbocycles. The number of hydrogen-bond acceptors (Lipinski definition) is 9. The Morgan fingerprint density at radius 3 is 2.57 bits per heavy atom. The van der Waals surface area contributed by atoms with Gasteiger partial charge in [0.25, 0.3) is 0 Å². The van der Waals surface area contributed by atoms with Crippen LogP contribution in [0.15, 0.2) is 46.6 Å². The first-order valence-electron chi connectivity index (χ1n) is 11.5. The number of rotatable bonds is 4. The minimum atomic E-state index is -2.37. The third-order valence-electron chi connectivity index (χ3n) is 7.21. The van der Waals surface area contributed by atoms with E-state index in [2.05, 4.69) is 25.9 Å². The highest BCUT2D eigenvalue weighted by molar-refractivity contribution is 7.99. The normalized spacial score (nSPS) is 19.2. The molecule has 2 aliphatic rings. The van der Waals surface area contributed by atoms with Crippen LogP contribution in [0.3, 0.4) is 0 Å². The number of nitrogens with two attached hydrogens (primary N) is 3. The number of fused-ring (bicyclic) bond motifs is 1. The van der Waals surface area contributed by atoms with Gasteiger partial charge in [-0.3, -0.25) is 0 Å². The SMILES string of the molecule is CP(C)(=O)c1cccc2c1CC1(CCN(c3cnc(Sc4ccnc(N)c4Cl)c(N)n3)CC1)[C@@H]2N. The Bertz CT molecular complexity index is 1340. The number of pyridine rings is 1. The Labute approximate surface area is 214 Å². The predicted molar refractivity (Wildman–Crippen MR) is 144 cm³/mol. The summed E-state index contributed by atoms with van der Waals surface area (Å²) in [4.78, 5) is 16.1. The van der Waals surface area contributed by atoms with E-state index in [1.54, 1.807) is 18.5 Å². The molecule has 1 atom stereocenters. The molecule has 35 heavy (non-hydrogen) atoms. The number of aromatic nitrogens is 3. The fraction of sp³-hybridized carbons (Fsp3) is 0.375. The minimum Gasteiger partial charge on any atom is -0.382 e. The van der Waals surface area contributed by atoms with Crippen LogP contribution in [0.1, 0.15) is 30.0 Å². The summed E-state index contributed by atoms with van der Waals surface area (Å²) in [6.07, 6.45) is 6.06. The Kier molecular flexibility index (Phi) is 6.24. The number of nitrogen functional groups attached to an aromatic ring is 2. The summed E-state index contributed by atoms with van der Waals surface area (Å²) in [7, 11) is -2.37. The molecule has 0 unspecified atom stereocenters. The summed E-state index contributed by atoms with van der Waals surface area (Å²) in [5, 5.41) is 1.93. The van der Waals surface area contributed by atoms with Gasteiger partial charge < -0.3 is 26.7 Å². The summed E-state index contributed by atoms with van der Waals surface area (Å²) in [5.41, 5.74) is 21.2. The first-order valence-corrected chi connectivity index (χ1v) is 15.3. The predicted octanol–water partition coefficient (Wildman–Crippen LogP) is 3.93. The van der Waals surface area contributed by atoms with E-state index in [1.165, 1.54) is 17.3 Å². The topological polar surface area (TPSA) is 137 Å². The van der Waals surface area contributed by atoms with Crippen LogP contribution in [0.2, 0.25) is 5.02 Å². The maximum absolute atomic E-state index is 12.9. The van der Waals surface area contributed by atoms with Crippen molar-refractivity contribution in [2.75, 3.05) is 42.8 Å². The lowest BCUT2D eigenvalue weighted by Crippen LogP contribution is -2.44. The average Bonchev–Trinajstić information content (AvgIpc) is 3.09. The van der Waals surface area contributed by atoms with E-state index in [0.717, 1.165) is 53.9 Å². The number of hydrogen-bond donors (Lipinski definition) is 3. The smallest absolute Gasteiger partial charge is 0.158 e. The van der Waals surface area contributed by atoms with Crippen LogP contribution in [0, 0.1) is 5.41 Å². The van der Waals surface area contributed by atoms with Crippen molar-refractivity contribution >= 4 is 53.3 Å². The number of nitrogens with zero attached hydrogens (tertiary/aromatic N) is 4. The second kappa shape index (κ2) is 8.96. The van der Waals surface area contributed by atoms with Gasteiger partial charge in [0.05, 0.1) is 11.2 Å². The molecule has 3 heterocycles. The van der Waals surface area contributed by atoms with E-state index in [-0.39, 0.29) is 17.3 Å². The lowest BCUT2D eigenvalue weighted by molar-refractivity contribution is 0.187. The van der Waals surface area contributed by atoms with Crippen molar-refractivity contribution in [3.8, 4) is 0 Å². The van der Waals surface area contributed by atoms with Gasteiger partial charge in [-0.25, -0.2) is 15.0 Å². The second-order valence-electron chi connectivity index (χ2n) is 9.73. The molecule has 8 nitrogen and oxygen atoms in total. The third-order valence-corrected chi connectivity index (χ3v) is 10.4. The van der Waals surface area contributed by atoms with Gasteiger partial charge in [-0.15, -0.1) is 0 Å². The van der Waals surface area contributed by atoms with E-state index >= 15 is 0 Å². The molecule has 0 bridgehead atoms. The number of anilines is 3. The fourth-order valence-electron chi connectivity index (χ4n) is 5.28. The average molecular weight is 530 g/mol. The first-order chi connectivity index (χ1) is 16.6. The molecule has 11 heteroatoms. The highest BCUT2D eigenvalue weighted by atomic mass is 35.5. The molecule has 1 aliphatic heterocycles. The molecule has 3 aromatic rings. The number of benzene rings is 1. The lowest BCUT2D eigenvalue weighted by Gasteiger charge is -2.42.